The predicted molar refractivity (Wildman–Crippen MR) is 55.1 cm³/mol. The zero-order valence-electron chi connectivity index (χ0n) is 9.68. The van der Waals surface area contributed by atoms with Gasteiger partial charge in [-0.15, -0.1) is 0 Å². The molecule has 0 aliphatic carbocycles. The number of hydrogen-bond donors (Lipinski definition) is 2. The average molecular weight is 287 g/mol. The highest BCUT2D eigenvalue weighted by Crippen LogP contribution is 2.37. The second-order valence-corrected chi connectivity index (χ2v) is 4.11. The van der Waals surface area contributed by atoms with Gasteiger partial charge in [0.1, 0.15) is 0 Å². The smallest absolute Gasteiger partial charge is 0.391 e. The first kappa shape index (κ1) is 15.8. The fourth-order valence-electron chi connectivity index (χ4n) is 1.45. The molecule has 0 fully saturated rings. The average Bonchev–Trinajstić information content (AvgIpc) is 2.24. The lowest BCUT2D eigenvalue weighted by atomic mass is 9.97. The Morgan fingerprint density at radius 1 is 0.947 bits per heavy atom. The molecule has 2 atom stereocenters. The fraction of sp³-hybridized carbons (Fsp3) is 0.455. The first-order chi connectivity index (χ1) is 8.43. The summed E-state index contributed by atoms with van der Waals surface area (Å²) in [4.78, 5) is 0. The van der Waals surface area contributed by atoms with Gasteiger partial charge in [0.25, 0.3) is 0 Å². The lowest BCUT2D eigenvalue weighted by molar-refractivity contribution is -0.143. The number of hydrogen-bond acceptors (Lipinski definition) is 2. The van der Waals surface area contributed by atoms with Crippen LogP contribution in [0.5, 0.6) is 0 Å². The topological polar surface area (TPSA) is 46.2 Å². The standard InChI is InChI=1S/C11H11F6NO/c1-5(19)9(18)6-2-7(10(12,13)14)4-8(3-6)11(15,16)17/h2-5,9,19H,18H2,1H3/t5-,9+/m1/s1. The van der Waals surface area contributed by atoms with Gasteiger partial charge in [-0.05, 0) is 30.7 Å². The van der Waals surface area contributed by atoms with Crippen LogP contribution in [-0.4, -0.2) is 11.2 Å². The zero-order chi connectivity index (χ0) is 15.0. The summed E-state index contributed by atoms with van der Waals surface area (Å²) < 4.78 is 75.2. The summed E-state index contributed by atoms with van der Waals surface area (Å²) in [6.45, 7) is 1.18. The van der Waals surface area contributed by atoms with Crippen molar-refractivity contribution in [3.05, 3.63) is 34.9 Å². The van der Waals surface area contributed by atoms with Gasteiger partial charge in [0, 0.05) is 0 Å². The summed E-state index contributed by atoms with van der Waals surface area (Å²) >= 11 is 0. The minimum atomic E-state index is -4.92. The van der Waals surface area contributed by atoms with Crippen LogP contribution in [0.2, 0.25) is 0 Å². The van der Waals surface area contributed by atoms with E-state index in [1.807, 2.05) is 0 Å². The van der Waals surface area contributed by atoms with Crippen molar-refractivity contribution < 1.29 is 31.4 Å². The second-order valence-electron chi connectivity index (χ2n) is 4.11. The second kappa shape index (κ2) is 5.01. The van der Waals surface area contributed by atoms with Gasteiger partial charge < -0.3 is 10.8 Å². The molecule has 0 aliphatic rings. The third kappa shape index (κ3) is 3.84. The van der Waals surface area contributed by atoms with Gasteiger partial charge in [0.05, 0.1) is 23.3 Å². The molecule has 0 radical (unpaired) electrons. The molecule has 2 nitrogen and oxygen atoms in total. The van der Waals surface area contributed by atoms with E-state index in [4.69, 9.17) is 5.73 Å². The Hall–Kier alpha value is -1.28. The lowest BCUT2D eigenvalue weighted by Crippen LogP contribution is -2.24. The largest absolute Gasteiger partial charge is 0.416 e. The first-order valence-corrected chi connectivity index (χ1v) is 5.16. The Morgan fingerprint density at radius 3 is 1.58 bits per heavy atom. The monoisotopic (exact) mass is 287 g/mol. The van der Waals surface area contributed by atoms with Gasteiger partial charge in [-0.2, -0.15) is 26.3 Å². The molecule has 0 aromatic heterocycles. The van der Waals surface area contributed by atoms with Crippen molar-refractivity contribution in [2.45, 2.75) is 31.4 Å². The molecule has 0 heterocycles. The van der Waals surface area contributed by atoms with Crippen molar-refractivity contribution in [1.82, 2.24) is 0 Å². The van der Waals surface area contributed by atoms with Gasteiger partial charge in [-0.25, -0.2) is 0 Å². The number of aliphatic hydroxyl groups excluding tert-OH is 1. The van der Waals surface area contributed by atoms with E-state index >= 15 is 0 Å². The number of nitrogens with two attached hydrogens (primary N) is 1. The van der Waals surface area contributed by atoms with Crippen molar-refractivity contribution in [2.75, 3.05) is 0 Å². The number of aliphatic hydroxyl groups is 1. The molecule has 0 aliphatic heterocycles. The Bertz CT molecular complexity index is 419. The van der Waals surface area contributed by atoms with Crippen molar-refractivity contribution in [3.8, 4) is 0 Å². The Balaban J connectivity index is 3.41. The Morgan fingerprint density at radius 2 is 1.32 bits per heavy atom. The predicted octanol–water partition coefficient (Wildman–Crippen LogP) is 3.10. The van der Waals surface area contributed by atoms with Crippen molar-refractivity contribution in [3.63, 3.8) is 0 Å². The minimum Gasteiger partial charge on any atom is -0.391 e. The number of halogens is 6. The highest BCUT2D eigenvalue weighted by atomic mass is 19.4. The molecule has 0 amide bonds. The maximum Gasteiger partial charge on any atom is 0.416 e. The highest BCUT2D eigenvalue weighted by molar-refractivity contribution is 5.35. The van der Waals surface area contributed by atoms with E-state index in [1.54, 1.807) is 0 Å². The maximum atomic E-state index is 12.5. The normalized spacial score (nSPS) is 16.3. The van der Waals surface area contributed by atoms with Crippen LogP contribution in [0.3, 0.4) is 0 Å². The van der Waals surface area contributed by atoms with Crippen LogP contribution in [-0.2, 0) is 12.4 Å². The van der Waals surface area contributed by atoms with Crippen LogP contribution in [0.15, 0.2) is 18.2 Å². The lowest BCUT2D eigenvalue weighted by Gasteiger charge is -2.19. The van der Waals surface area contributed by atoms with Gasteiger partial charge in [-0.3, -0.25) is 0 Å². The minimum absolute atomic E-state index is 0.0122. The summed E-state index contributed by atoms with van der Waals surface area (Å²) in [5.74, 6) is 0. The molecule has 1 rings (SSSR count). The summed E-state index contributed by atoms with van der Waals surface area (Å²) in [6, 6.07) is -0.305. The molecule has 108 valence electrons. The number of benzene rings is 1. The molecule has 0 saturated heterocycles. The van der Waals surface area contributed by atoms with Crippen LogP contribution in [0.1, 0.15) is 29.7 Å². The molecule has 0 bridgehead atoms. The zero-order valence-corrected chi connectivity index (χ0v) is 9.68. The number of alkyl halides is 6. The molecule has 19 heavy (non-hydrogen) atoms. The summed E-state index contributed by atoms with van der Waals surface area (Å²) in [5.41, 5.74) is 2.06. The van der Waals surface area contributed by atoms with Crippen LogP contribution in [0, 0.1) is 0 Å². The molecular formula is C11H11F6NO. The van der Waals surface area contributed by atoms with E-state index < -0.39 is 41.2 Å². The van der Waals surface area contributed by atoms with Gasteiger partial charge in [0.15, 0.2) is 0 Å². The molecule has 1 aromatic rings. The van der Waals surface area contributed by atoms with Crippen LogP contribution in [0.4, 0.5) is 26.3 Å². The van der Waals surface area contributed by atoms with Crippen molar-refractivity contribution in [2.24, 2.45) is 5.73 Å². The molecule has 8 heteroatoms. The van der Waals surface area contributed by atoms with Crippen molar-refractivity contribution >= 4 is 0 Å². The summed E-state index contributed by atoms with van der Waals surface area (Å²) in [7, 11) is 0. The Labute approximate surface area is 104 Å². The third-order valence-corrected chi connectivity index (χ3v) is 2.51. The molecule has 0 saturated carbocycles. The molecule has 1 aromatic carbocycles. The van der Waals surface area contributed by atoms with Crippen LogP contribution >= 0.6 is 0 Å². The maximum absolute atomic E-state index is 12.5. The summed E-state index contributed by atoms with van der Waals surface area (Å²) in [5, 5.41) is 9.17. The van der Waals surface area contributed by atoms with E-state index in [9.17, 15) is 31.4 Å². The van der Waals surface area contributed by atoms with E-state index in [2.05, 4.69) is 0 Å². The first-order valence-electron chi connectivity index (χ1n) is 5.16. The molecule has 3 N–H and O–H groups in total. The van der Waals surface area contributed by atoms with E-state index in [1.165, 1.54) is 6.92 Å². The van der Waals surface area contributed by atoms with Crippen molar-refractivity contribution in [1.29, 1.82) is 0 Å². The SMILES string of the molecule is C[C@@H](O)[C@H](N)c1cc(C(F)(F)F)cc(C(F)(F)F)c1. The van der Waals surface area contributed by atoms with Crippen LogP contribution < -0.4 is 5.73 Å². The quantitative estimate of drug-likeness (QED) is 0.821. The number of rotatable bonds is 2. The van der Waals surface area contributed by atoms with E-state index in [0.29, 0.717) is 12.1 Å². The Kier molecular flexibility index (Phi) is 4.16. The van der Waals surface area contributed by atoms with E-state index in [0.717, 1.165) is 0 Å². The molecular weight excluding hydrogens is 276 g/mol. The molecule has 0 spiro atoms. The van der Waals surface area contributed by atoms with Gasteiger partial charge in [-0.1, -0.05) is 0 Å². The van der Waals surface area contributed by atoms with Gasteiger partial charge in [0.2, 0.25) is 0 Å². The van der Waals surface area contributed by atoms with Crippen LogP contribution in [0.25, 0.3) is 0 Å². The highest BCUT2D eigenvalue weighted by Gasteiger charge is 2.37. The van der Waals surface area contributed by atoms with Gasteiger partial charge >= 0.3 is 12.4 Å². The van der Waals surface area contributed by atoms with E-state index in [-0.39, 0.29) is 6.07 Å². The summed E-state index contributed by atoms with van der Waals surface area (Å²) in [6.07, 6.45) is -11.1. The molecule has 0 unspecified atom stereocenters. The fourth-order valence-corrected chi connectivity index (χ4v) is 1.45. The third-order valence-electron chi connectivity index (χ3n) is 2.51.